The lowest BCUT2D eigenvalue weighted by Crippen LogP contribution is -2.32. The van der Waals surface area contributed by atoms with E-state index in [2.05, 4.69) is 180 Å². The van der Waals surface area contributed by atoms with E-state index in [0.717, 1.165) is 76.4 Å². The Kier molecular flexibility index (Phi) is 12.4. The summed E-state index contributed by atoms with van der Waals surface area (Å²) in [6, 6.07) is 30.7. The second-order valence-corrected chi connectivity index (χ2v) is 18.8. The average Bonchev–Trinajstić information content (AvgIpc) is 3.99. The van der Waals surface area contributed by atoms with E-state index >= 15 is 0 Å². The van der Waals surface area contributed by atoms with E-state index in [1.165, 1.54) is 49.3 Å². The lowest BCUT2D eigenvalue weighted by atomic mass is 9.73. The summed E-state index contributed by atoms with van der Waals surface area (Å²) in [6.45, 7) is 24.0. The molecule has 324 valence electrons. The van der Waals surface area contributed by atoms with Crippen LogP contribution >= 0.6 is 11.3 Å². The van der Waals surface area contributed by atoms with Crippen molar-refractivity contribution in [2.75, 3.05) is 0 Å². The van der Waals surface area contributed by atoms with Crippen molar-refractivity contribution in [3.8, 4) is 38.8 Å². The van der Waals surface area contributed by atoms with Crippen LogP contribution in [-0.2, 0) is 5.41 Å². The van der Waals surface area contributed by atoms with Crippen LogP contribution in [0.5, 0.6) is 0 Å². The predicted octanol–water partition coefficient (Wildman–Crippen LogP) is 13.0. The number of hydrogen-bond donors (Lipinski definition) is 0. The van der Waals surface area contributed by atoms with Crippen molar-refractivity contribution in [1.29, 1.82) is 0 Å². The molecule has 0 amide bonds. The molecular formula is C58H55B2N5S. The Bertz CT molecular complexity index is 3240. The zero-order valence-corrected chi connectivity index (χ0v) is 40.0. The van der Waals surface area contributed by atoms with Gasteiger partial charge in [0.15, 0.2) is 32.0 Å². The van der Waals surface area contributed by atoms with Crippen LogP contribution in [0.25, 0.3) is 77.9 Å². The third-order valence-corrected chi connectivity index (χ3v) is 14.2. The van der Waals surface area contributed by atoms with Crippen LogP contribution in [0.2, 0.25) is 13.6 Å². The molecular weight excluding hydrogens is 820 g/mol. The molecule has 0 saturated heterocycles. The molecule has 4 aromatic carbocycles. The van der Waals surface area contributed by atoms with Crippen molar-refractivity contribution < 1.29 is 0 Å². The second-order valence-electron chi connectivity index (χ2n) is 17.8. The third kappa shape index (κ3) is 8.09. The Labute approximate surface area is 395 Å². The highest BCUT2D eigenvalue weighted by Gasteiger charge is 2.37. The number of allylic oxidation sites excluding steroid dienone is 12. The van der Waals surface area contributed by atoms with Crippen LogP contribution in [-0.4, -0.2) is 39.1 Å². The van der Waals surface area contributed by atoms with E-state index in [-0.39, 0.29) is 5.41 Å². The van der Waals surface area contributed by atoms with Crippen molar-refractivity contribution in [3.63, 3.8) is 0 Å². The van der Waals surface area contributed by atoms with E-state index < -0.39 is 0 Å². The summed E-state index contributed by atoms with van der Waals surface area (Å²) >= 11 is 1.79. The summed E-state index contributed by atoms with van der Waals surface area (Å²) in [5, 5.41) is 1.05. The van der Waals surface area contributed by atoms with Crippen LogP contribution in [0.15, 0.2) is 153 Å². The molecule has 3 aromatic heterocycles. The molecule has 66 heavy (non-hydrogen) atoms. The van der Waals surface area contributed by atoms with E-state index in [0.29, 0.717) is 17.6 Å². The number of thiazole rings is 1. The molecule has 0 radical (unpaired) electrons. The van der Waals surface area contributed by atoms with Crippen LogP contribution in [0.3, 0.4) is 0 Å². The van der Waals surface area contributed by atoms with Crippen molar-refractivity contribution in [2.45, 2.75) is 60.1 Å². The molecule has 0 saturated carbocycles. The molecule has 3 heterocycles. The minimum atomic E-state index is -0.196. The molecule has 8 heteroatoms. The lowest BCUT2D eigenvalue weighted by Gasteiger charge is -2.22. The second kappa shape index (κ2) is 18.5. The van der Waals surface area contributed by atoms with E-state index in [1.54, 1.807) is 11.3 Å². The maximum Gasteiger partial charge on any atom is 0.177 e. The van der Waals surface area contributed by atoms with Gasteiger partial charge in [-0.2, -0.15) is 0 Å². The summed E-state index contributed by atoms with van der Waals surface area (Å²) in [5.41, 5.74) is 18.4. The molecule has 0 aliphatic heterocycles. The highest BCUT2D eigenvalue weighted by Crippen LogP contribution is 2.53. The van der Waals surface area contributed by atoms with Gasteiger partial charge in [-0.05, 0) is 118 Å². The molecule has 0 fully saturated rings. The maximum atomic E-state index is 5.14. The molecule has 2 aliphatic rings. The van der Waals surface area contributed by atoms with Gasteiger partial charge in [0.1, 0.15) is 5.01 Å². The minimum absolute atomic E-state index is 0.196. The van der Waals surface area contributed by atoms with Gasteiger partial charge in [0.05, 0.1) is 10.2 Å². The summed E-state index contributed by atoms with van der Waals surface area (Å²) in [4.78, 5) is 20.3. The summed E-state index contributed by atoms with van der Waals surface area (Å²) < 4.78 is 3.69. The smallest absolute Gasteiger partial charge is 0.177 e. The van der Waals surface area contributed by atoms with E-state index in [9.17, 15) is 0 Å². The molecule has 1 atom stereocenters. The standard InChI is InChI=1S/C58H55B2N5S/c1-10-13-21-37(5)54-62-55(41-24-18-20-36(4)32-41)64-56(63-54)42-25-19-26-43(33-42)65-52(59-8)44(27-14-11-2)46(53(65)60-9)34-38(12-3)40-28-29-45-48(35-40)58(6,7)47-30-31-49-51(50(45)47)66-57(61-49)39-22-16-15-17-23-39/h10-31,33-36,59-60H,2-3,32H2,1,4-9H3/b13-10-,27-14-,37-21+,38-34+/t36-/m0/s1. The molecule has 2 aliphatic carbocycles. The molecule has 9 rings (SSSR count). The minimum Gasteiger partial charge on any atom is -0.335 e. The number of hydrogen-bond acceptors (Lipinski definition) is 5. The largest absolute Gasteiger partial charge is 0.335 e. The van der Waals surface area contributed by atoms with Crippen LogP contribution in [0, 0.1) is 5.92 Å². The average molecular weight is 876 g/mol. The van der Waals surface area contributed by atoms with Crippen LogP contribution < -0.4 is 11.2 Å². The monoisotopic (exact) mass is 875 g/mol. The Balaban J connectivity index is 1.16. The first-order valence-corrected chi connectivity index (χ1v) is 24.0. The van der Waals surface area contributed by atoms with Gasteiger partial charge >= 0.3 is 0 Å². The molecule has 0 unspecified atom stereocenters. The number of fused-ring (bicyclic) bond motifs is 5. The first-order valence-electron chi connectivity index (χ1n) is 23.2. The fraction of sp³-hybridized carbons (Fsp3) is 0.172. The van der Waals surface area contributed by atoms with Crippen molar-refractivity contribution in [2.24, 2.45) is 5.92 Å². The summed E-state index contributed by atoms with van der Waals surface area (Å²) in [7, 11) is 1.64. The Morgan fingerprint density at radius 3 is 2.35 bits per heavy atom. The number of rotatable bonds is 13. The Morgan fingerprint density at radius 1 is 0.833 bits per heavy atom. The van der Waals surface area contributed by atoms with Gasteiger partial charge in [-0.3, -0.25) is 0 Å². The van der Waals surface area contributed by atoms with E-state index in [1.807, 2.05) is 37.3 Å². The fourth-order valence-electron chi connectivity index (χ4n) is 9.67. The molecule has 0 N–H and O–H groups in total. The third-order valence-electron chi connectivity index (χ3n) is 13.0. The van der Waals surface area contributed by atoms with Gasteiger partial charge in [0.2, 0.25) is 0 Å². The van der Waals surface area contributed by atoms with Gasteiger partial charge in [-0.25, -0.2) is 19.9 Å². The Morgan fingerprint density at radius 2 is 1.61 bits per heavy atom. The quantitative estimate of drug-likeness (QED) is 0.0855. The summed E-state index contributed by atoms with van der Waals surface area (Å²) in [6.07, 6.45) is 23.9. The topological polar surface area (TPSA) is 56.5 Å². The highest BCUT2D eigenvalue weighted by atomic mass is 32.1. The SMILES string of the molecule is C=C/C=C\c1c(/C=C(\C=C)c2ccc3c(c2)C(C)(C)c2ccc4nc(-c5ccccc5)sc4c2-3)c(BC)n(-c2cccc(-c3nc(C4=CC=C[C@H](C)C4)nc(/C(C)=C/C=C\C)n3)c2)c1BC. The maximum absolute atomic E-state index is 5.14. The zero-order chi connectivity index (χ0) is 46.1. The lowest BCUT2D eigenvalue weighted by molar-refractivity contribution is 0.660. The highest BCUT2D eigenvalue weighted by molar-refractivity contribution is 7.22. The number of aromatic nitrogens is 5. The van der Waals surface area contributed by atoms with Gasteiger partial charge in [-0.15, -0.1) is 11.3 Å². The number of nitrogens with zero attached hydrogens (tertiary/aromatic N) is 5. The van der Waals surface area contributed by atoms with Crippen molar-refractivity contribution >= 4 is 76.2 Å². The van der Waals surface area contributed by atoms with Crippen LogP contribution in [0.1, 0.15) is 80.5 Å². The van der Waals surface area contributed by atoms with Gasteiger partial charge < -0.3 is 4.57 Å². The van der Waals surface area contributed by atoms with Crippen molar-refractivity contribution in [3.05, 3.63) is 192 Å². The first-order chi connectivity index (χ1) is 32.1. The van der Waals surface area contributed by atoms with Gasteiger partial charge in [0.25, 0.3) is 0 Å². The normalized spacial score (nSPS) is 15.6. The van der Waals surface area contributed by atoms with E-state index in [4.69, 9.17) is 19.9 Å². The molecule has 0 bridgehead atoms. The molecule has 0 spiro atoms. The fourth-order valence-corrected chi connectivity index (χ4v) is 10.8. The van der Waals surface area contributed by atoms with Crippen molar-refractivity contribution in [1.82, 2.24) is 24.5 Å². The van der Waals surface area contributed by atoms with Gasteiger partial charge in [-0.1, -0.05) is 169 Å². The number of benzene rings is 4. The molecule has 7 aromatic rings. The predicted molar refractivity (Wildman–Crippen MR) is 289 cm³/mol. The van der Waals surface area contributed by atoms with Gasteiger partial charge in [0, 0.05) is 27.8 Å². The summed E-state index contributed by atoms with van der Waals surface area (Å²) in [5.74, 6) is 2.48. The first kappa shape index (κ1) is 44.3. The van der Waals surface area contributed by atoms with Crippen LogP contribution in [0.4, 0.5) is 0 Å². The molecule has 5 nitrogen and oxygen atoms in total. The Hall–Kier alpha value is -6.89. The zero-order valence-electron chi connectivity index (χ0n) is 39.2.